The molecule has 2 aromatic carbocycles. The molecule has 1 aliphatic heterocycles. The fourth-order valence-electron chi connectivity index (χ4n) is 5.16. The molecule has 234 valence electrons. The van der Waals surface area contributed by atoms with Crippen LogP contribution < -0.4 is 26.0 Å². The number of imidazole rings is 1. The van der Waals surface area contributed by atoms with Crippen LogP contribution in [0.15, 0.2) is 48.9 Å². The molecule has 1 aliphatic rings. The van der Waals surface area contributed by atoms with Crippen molar-refractivity contribution in [3.63, 3.8) is 0 Å². The molecule has 14 heteroatoms. The molecule has 0 aliphatic carbocycles. The largest absolute Gasteiger partial charge is 0.476 e. The average molecular weight is 619 g/mol. The molecule has 2 atom stereocenters. The molecule has 5 N–H and O–H groups in total. The lowest BCUT2D eigenvalue weighted by atomic mass is 9.97. The Balaban J connectivity index is 1.22. The number of β-amino-alcohol motifs (C(OH)–C–C–N with tert-alkyl or cyclic N) is 1. The van der Waals surface area contributed by atoms with E-state index in [0.717, 1.165) is 0 Å². The Morgan fingerprint density at radius 3 is 2.73 bits per heavy atom. The maximum Gasteiger partial charge on any atom is 0.251 e. The van der Waals surface area contributed by atoms with Crippen LogP contribution >= 0.6 is 0 Å². The molecule has 3 heterocycles. The second-order valence-electron chi connectivity index (χ2n) is 10.7. The summed E-state index contributed by atoms with van der Waals surface area (Å²) in [4.78, 5) is 33.9. The van der Waals surface area contributed by atoms with Gasteiger partial charge in [0.2, 0.25) is 11.7 Å². The molecule has 2 amide bonds. The molecule has 4 aromatic rings. The second-order valence-corrected chi connectivity index (χ2v) is 10.7. The standard InChI is InChI=1S/C31H32F2N8O4/c1-3-31(44)15-22(39-17-31)30(43)37-10-9-36-29(42)20-5-4-19(14-18(20)2)40-27-28-38-16-23(41(28)12-11-35-27)21-6-7-24(45-13-8-34)26(33)25(21)32/h4-7,11-12,14,16,22,39,44H,3,9-10,13,15,17H2,1-2H3,(H,35,40)(H,36,42)(H,37,43). The van der Waals surface area contributed by atoms with E-state index in [1.807, 2.05) is 6.92 Å². The lowest BCUT2D eigenvalue weighted by molar-refractivity contribution is -0.123. The van der Waals surface area contributed by atoms with Crippen molar-refractivity contribution in [1.29, 1.82) is 5.26 Å². The van der Waals surface area contributed by atoms with Gasteiger partial charge in [0.1, 0.15) is 6.07 Å². The number of aryl methyl sites for hydroxylation is 1. The van der Waals surface area contributed by atoms with Gasteiger partial charge in [-0.15, -0.1) is 0 Å². The number of nitrogens with zero attached hydrogens (tertiary/aromatic N) is 4. The van der Waals surface area contributed by atoms with E-state index in [2.05, 4.69) is 31.2 Å². The highest BCUT2D eigenvalue weighted by Crippen LogP contribution is 2.32. The summed E-state index contributed by atoms with van der Waals surface area (Å²) >= 11 is 0. The summed E-state index contributed by atoms with van der Waals surface area (Å²) < 4.78 is 36.0. The molecule has 12 nitrogen and oxygen atoms in total. The predicted molar refractivity (Wildman–Crippen MR) is 161 cm³/mol. The van der Waals surface area contributed by atoms with E-state index in [1.54, 1.807) is 41.8 Å². The topological polar surface area (TPSA) is 166 Å². The van der Waals surface area contributed by atoms with Crippen LogP contribution in [0.5, 0.6) is 5.75 Å². The van der Waals surface area contributed by atoms with E-state index in [4.69, 9.17) is 10.00 Å². The molecule has 0 bridgehead atoms. The average Bonchev–Trinajstić information content (AvgIpc) is 3.65. The molecule has 2 unspecified atom stereocenters. The normalized spacial score (nSPS) is 17.6. The minimum Gasteiger partial charge on any atom is -0.476 e. The molecule has 2 aromatic heterocycles. The van der Waals surface area contributed by atoms with E-state index >= 15 is 0 Å². The van der Waals surface area contributed by atoms with E-state index in [9.17, 15) is 23.5 Å². The van der Waals surface area contributed by atoms with Crippen LogP contribution in [-0.4, -0.2) is 69.2 Å². The number of carbonyl (C=O) groups is 2. The first kappa shape index (κ1) is 31.3. The molecule has 45 heavy (non-hydrogen) atoms. The number of aromatic nitrogens is 3. The first-order valence-electron chi connectivity index (χ1n) is 14.3. The quantitative estimate of drug-likeness (QED) is 0.159. The third-order valence-electron chi connectivity index (χ3n) is 7.72. The van der Waals surface area contributed by atoms with Gasteiger partial charge in [0.05, 0.1) is 23.5 Å². The molecular formula is C31H32F2N8O4. The Labute approximate surface area is 257 Å². The Morgan fingerprint density at radius 2 is 2.00 bits per heavy atom. The van der Waals surface area contributed by atoms with Crippen LogP contribution in [0.2, 0.25) is 0 Å². The Morgan fingerprint density at radius 1 is 1.20 bits per heavy atom. The highest BCUT2D eigenvalue weighted by Gasteiger charge is 2.38. The highest BCUT2D eigenvalue weighted by molar-refractivity contribution is 5.96. The zero-order valence-corrected chi connectivity index (χ0v) is 24.7. The predicted octanol–water partition coefficient (Wildman–Crippen LogP) is 2.98. The van der Waals surface area contributed by atoms with Gasteiger partial charge in [0, 0.05) is 55.3 Å². The summed E-state index contributed by atoms with van der Waals surface area (Å²) in [5, 5.41) is 30.7. The van der Waals surface area contributed by atoms with Gasteiger partial charge in [-0.1, -0.05) is 6.92 Å². The lowest BCUT2D eigenvalue weighted by Crippen LogP contribution is -2.43. The van der Waals surface area contributed by atoms with Crippen LogP contribution in [0.4, 0.5) is 20.3 Å². The zero-order chi connectivity index (χ0) is 32.1. The Bertz CT molecular complexity index is 1790. The number of aliphatic hydroxyl groups is 1. The van der Waals surface area contributed by atoms with Crippen molar-refractivity contribution in [2.45, 2.75) is 38.3 Å². The van der Waals surface area contributed by atoms with Crippen molar-refractivity contribution >= 4 is 29.0 Å². The number of hydrogen-bond donors (Lipinski definition) is 5. The molecule has 1 fully saturated rings. The van der Waals surface area contributed by atoms with Gasteiger partial charge >= 0.3 is 0 Å². The summed E-state index contributed by atoms with van der Waals surface area (Å²) in [6.45, 7) is 4.08. The number of anilines is 2. The minimum atomic E-state index is -1.21. The van der Waals surface area contributed by atoms with Crippen LogP contribution in [0.3, 0.4) is 0 Å². The number of nitrogens with one attached hydrogen (secondary N) is 4. The van der Waals surface area contributed by atoms with Crippen LogP contribution in [-0.2, 0) is 4.79 Å². The van der Waals surface area contributed by atoms with E-state index in [1.165, 1.54) is 24.5 Å². The molecule has 0 saturated carbocycles. The highest BCUT2D eigenvalue weighted by atomic mass is 19.2. The lowest BCUT2D eigenvalue weighted by Gasteiger charge is -2.18. The van der Waals surface area contributed by atoms with E-state index < -0.39 is 29.9 Å². The van der Waals surface area contributed by atoms with E-state index in [-0.39, 0.29) is 41.9 Å². The Hall–Kier alpha value is -5.13. The number of rotatable bonds is 11. The fourth-order valence-corrected chi connectivity index (χ4v) is 5.16. The van der Waals surface area contributed by atoms with Crippen molar-refractivity contribution in [2.24, 2.45) is 0 Å². The number of carbonyl (C=O) groups excluding carboxylic acids is 2. The number of fused-ring (bicyclic) bond motifs is 1. The third-order valence-corrected chi connectivity index (χ3v) is 7.72. The number of benzene rings is 2. The monoisotopic (exact) mass is 618 g/mol. The van der Waals surface area contributed by atoms with Gasteiger partial charge in [-0.25, -0.2) is 14.4 Å². The van der Waals surface area contributed by atoms with Gasteiger partial charge in [-0.05, 0) is 49.2 Å². The molecule has 0 spiro atoms. The number of amides is 2. The SMILES string of the molecule is CCC1(O)CNC(C(=O)NCCNC(=O)c2ccc(Nc3nccn4c(-c5ccc(OCC#N)c(F)c5F)cnc34)cc2C)C1. The number of halogens is 2. The third kappa shape index (κ3) is 6.69. The first-order chi connectivity index (χ1) is 21.6. The smallest absolute Gasteiger partial charge is 0.251 e. The summed E-state index contributed by atoms with van der Waals surface area (Å²) in [6, 6.07) is 8.98. The maximum absolute atomic E-state index is 14.9. The second kappa shape index (κ2) is 13.2. The van der Waals surface area contributed by atoms with Crippen molar-refractivity contribution in [2.75, 3.05) is 31.6 Å². The fraction of sp³-hybridized carbons (Fsp3) is 0.323. The van der Waals surface area contributed by atoms with Crippen molar-refractivity contribution < 1.29 is 28.2 Å². The van der Waals surface area contributed by atoms with Crippen LogP contribution in [0.25, 0.3) is 16.9 Å². The Kier molecular flexibility index (Phi) is 9.21. The van der Waals surface area contributed by atoms with Gasteiger partial charge in [-0.2, -0.15) is 9.65 Å². The van der Waals surface area contributed by atoms with Crippen LogP contribution in [0.1, 0.15) is 35.7 Å². The zero-order valence-electron chi connectivity index (χ0n) is 24.7. The first-order valence-corrected chi connectivity index (χ1v) is 14.3. The van der Waals surface area contributed by atoms with Crippen molar-refractivity contribution in [3.8, 4) is 23.1 Å². The summed E-state index contributed by atoms with van der Waals surface area (Å²) in [7, 11) is 0. The van der Waals surface area contributed by atoms with Crippen molar-refractivity contribution in [1.82, 2.24) is 30.3 Å². The van der Waals surface area contributed by atoms with E-state index in [0.29, 0.717) is 47.7 Å². The van der Waals surface area contributed by atoms with Crippen molar-refractivity contribution in [3.05, 3.63) is 71.7 Å². The maximum atomic E-state index is 14.9. The van der Waals surface area contributed by atoms with Gasteiger partial charge in [0.25, 0.3) is 5.91 Å². The number of nitriles is 1. The molecular weight excluding hydrogens is 586 g/mol. The summed E-state index contributed by atoms with van der Waals surface area (Å²) in [5.74, 6) is -2.88. The molecule has 1 saturated heterocycles. The van der Waals surface area contributed by atoms with Gasteiger partial charge < -0.3 is 31.1 Å². The minimum absolute atomic E-state index is 0.0499. The van der Waals surface area contributed by atoms with Crippen LogP contribution in [0, 0.1) is 29.9 Å². The number of hydrogen-bond acceptors (Lipinski definition) is 9. The molecule has 5 rings (SSSR count). The summed E-state index contributed by atoms with van der Waals surface area (Å²) in [6.07, 6.45) is 5.35. The summed E-state index contributed by atoms with van der Waals surface area (Å²) in [5.41, 5.74) is 1.46. The number of ether oxygens (including phenoxy) is 1. The molecule has 0 radical (unpaired) electrons. The van der Waals surface area contributed by atoms with Gasteiger partial charge in [-0.3, -0.25) is 14.0 Å². The van der Waals surface area contributed by atoms with Gasteiger partial charge in [0.15, 0.2) is 29.6 Å².